The Hall–Kier alpha value is -2.27. The number of rotatable bonds is 5. The van der Waals surface area contributed by atoms with Crippen molar-refractivity contribution < 1.29 is 9.59 Å². The lowest BCUT2D eigenvalue weighted by molar-refractivity contribution is -0.119. The Kier molecular flexibility index (Phi) is 6.23. The Labute approximate surface area is 140 Å². The van der Waals surface area contributed by atoms with Crippen molar-refractivity contribution in [2.45, 2.75) is 24.0 Å². The average molecular weight is 328 g/mol. The molecule has 0 aliphatic carbocycles. The first kappa shape index (κ1) is 17.1. The molecule has 0 fully saturated rings. The molecule has 0 radical (unpaired) electrons. The summed E-state index contributed by atoms with van der Waals surface area (Å²) in [4.78, 5) is 24.3. The number of urea groups is 1. The molecule has 1 atom stereocenters. The Morgan fingerprint density at radius 3 is 2.22 bits per heavy atom. The van der Waals surface area contributed by atoms with Gasteiger partial charge in [-0.1, -0.05) is 42.5 Å². The molecule has 0 aliphatic heterocycles. The molecule has 4 nitrogen and oxygen atoms in total. The summed E-state index contributed by atoms with van der Waals surface area (Å²) in [6.07, 6.45) is 0. The monoisotopic (exact) mass is 328 g/mol. The molecule has 120 valence electrons. The van der Waals surface area contributed by atoms with Crippen LogP contribution in [0.15, 0.2) is 59.5 Å². The first-order valence-electron chi connectivity index (χ1n) is 7.51. The summed E-state index contributed by atoms with van der Waals surface area (Å²) in [5.74, 6) is -0.298. The predicted molar refractivity (Wildman–Crippen MR) is 94.4 cm³/mol. The minimum absolute atomic E-state index is 0.298. The number of benzene rings is 2. The topological polar surface area (TPSA) is 58.2 Å². The molecule has 2 aromatic carbocycles. The first-order chi connectivity index (χ1) is 11.1. The van der Waals surface area contributed by atoms with Gasteiger partial charge >= 0.3 is 6.03 Å². The van der Waals surface area contributed by atoms with E-state index in [0.29, 0.717) is 6.54 Å². The van der Waals surface area contributed by atoms with E-state index in [-0.39, 0.29) is 11.2 Å². The molecule has 2 rings (SSSR count). The molecule has 0 spiro atoms. The van der Waals surface area contributed by atoms with Gasteiger partial charge in [-0.15, -0.1) is 11.8 Å². The molecule has 23 heavy (non-hydrogen) atoms. The SMILES string of the molecule is CCNC(=O)NC(=O)C(C)Sc1ccc(-c2ccccc2)cc1. The van der Waals surface area contributed by atoms with Crippen LogP contribution in [0.25, 0.3) is 11.1 Å². The first-order valence-corrected chi connectivity index (χ1v) is 8.39. The Morgan fingerprint density at radius 1 is 1.00 bits per heavy atom. The van der Waals surface area contributed by atoms with E-state index in [1.807, 2.05) is 42.5 Å². The fourth-order valence-electron chi connectivity index (χ4n) is 2.03. The molecule has 5 heteroatoms. The molecular formula is C18H20N2O2S. The zero-order chi connectivity index (χ0) is 16.7. The van der Waals surface area contributed by atoms with Crippen molar-refractivity contribution in [1.82, 2.24) is 10.6 Å². The minimum atomic E-state index is -0.454. The number of hydrogen-bond acceptors (Lipinski definition) is 3. The van der Waals surface area contributed by atoms with Crippen LogP contribution < -0.4 is 10.6 Å². The Balaban J connectivity index is 1.95. The summed E-state index contributed by atoms with van der Waals surface area (Å²) >= 11 is 1.42. The van der Waals surface area contributed by atoms with E-state index in [0.717, 1.165) is 16.0 Å². The van der Waals surface area contributed by atoms with Gasteiger partial charge in [0.1, 0.15) is 0 Å². The number of nitrogens with one attached hydrogen (secondary N) is 2. The molecule has 1 unspecified atom stereocenters. The second-order valence-electron chi connectivity index (χ2n) is 5.00. The van der Waals surface area contributed by atoms with E-state index in [1.165, 1.54) is 11.8 Å². The molecule has 0 bridgehead atoms. The van der Waals surface area contributed by atoms with Crippen molar-refractivity contribution in [3.05, 3.63) is 54.6 Å². The summed E-state index contributed by atoms with van der Waals surface area (Å²) in [6.45, 7) is 4.07. The number of hydrogen-bond donors (Lipinski definition) is 2. The van der Waals surface area contributed by atoms with E-state index >= 15 is 0 Å². The predicted octanol–water partition coefficient (Wildman–Crippen LogP) is 3.68. The van der Waals surface area contributed by atoms with Gasteiger partial charge in [0.2, 0.25) is 5.91 Å². The largest absolute Gasteiger partial charge is 0.338 e. The molecule has 0 aliphatic rings. The van der Waals surface area contributed by atoms with Crippen LogP contribution in [0.4, 0.5) is 4.79 Å². The highest BCUT2D eigenvalue weighted by Gasteiger charge is 2.16. The van der Waals surface area contributed by atoms with E-state index in [1.54, 1.807) is 13.8 Å². The number of carbonyl (C=O) groups is 2. The molecule has 0 aromatic heterocycles. The van der Waals surface area contributed by atoms with Crippen molar-refractivity contribution >= 4 is 23.7 Å². The van der Waals surface area contributed by atoms with Crippen LogP contribution in [-0.2, 0) is 4.79 Å². The lowest BCUT2D eigenvalue weighted by Crippen LogP contribution is -2.42. The summed E-state index contributed by atoms with van der Waals surface area (Å²) in [6, 6.07) is 17.7. The second kappa shape index (κ2) is 8.39. The van der Waals surface area contributed by atoms with Crippen LogP contribution in [0.3, 0.4) is 0 Å². The van der Waals surface area contributed by atoms with Gasteiger partial charge in [0.25, 0.3) is 0 Å². The normalized spacial score (nSPS) is 11.6. The zero-order valence-electron chi connectivity index (χ0n) is 13.2. The number of imide groups is 1. The van der Waals surface area contributed by atoms with Crippen LogP contribution in [0.2, 0.25) is 0 Å². The fraction of sp³-hybridized carbons (Fsp3) is 0.222. The van der Waals surface area contributed by atoms with Crippen LogP contribution in [0.1, 0.15) is 13.8 Å². The third-order valence-electron chi connectivity index (χ3n) is 3.22. The van der Waals surface area contributed by atoms with Gasteiger partial charge in [0.15, 0.2) is 0 Å². The third kappa shape index (κ3) is 5.14. The average Bonchev–Trinajstić information content (AvgIpc) is 2.56. The molecule has 0 saturated carbocycles. The number of carbonyl (C=O) groups excluding carboxylic acids is 2. The fourth-order valence-corrected chi connectivity index (χ4v) is 2.90. The molecular weight excluding hydrogens is 308 g/mol. The molecule has 0 heterocycles. The molecule has 2 N–H and O–H groups in total. The van der Waals surface area contributed by atoms with Crippen LogP contribution in [0, 0.1) is 0 Å². The van der Waals surface area contributed by atoms with Gasteiger partial charge in [-0.3, -0.25) is 10.1 Å². The quantitative estimate of drug-likeness (QED) is 0.823. The highest BCUT2D eigenvalue weighted by Crippen LogP contribution is 2.26. The van der Waals surface area contributed by atoms with Crippen molar-refractivity contribution in [3.63, 3.8) is 0 Å². The maximum absolute atomic E-state index is 11.9. The Morgan fingerprint density at radius 2 is 1.61 bits per heavy atom. The summed E-state index contributed by atoms with van der Waals surface area (Å²) < 4.78 is 0. The van der Waals surface area contributed by atoms with E-state index < -0.39 is 6.03 Å². The van der Waals surface area contributed by atoms with Crippen LogP contribution in [0.5, 0.6) is 0 Å². The number of thioether (sulfide) groups is 1. The highest BCUT2D eigenvalue weighted by atomic mass is 32.2. The zero-order valence-corrected chi connectivity index (χ0v) is 14.0. The molecule has 2 aromatic rings. The van der Waals surface area contributed by atoms with Gasteiger partial charge in [0.05, 0.1) is 5.25 Å². The molecule has 0 saturated heterocycles. The minimum Gasteiger partial charge on any atom is -0.338 e. The maximum atomic E-state index is 11.9. The van der Waals surface area contributed by atoms with Crippen molar-refractivity contribution in [2.75, 3.05) is 6.54 Å². The standard InChI is InChI=1S/C18H20N2O2S/c1-3-19-18(22)20-17(21)13(2)23-16-11-9-15(10-12-16)14-7-5-4-6-8-14/h4-13H,3H2,1-2H3,(H2,19,20,21,22). The van der Waals surface area contributed by atoms with Crippen LogP contribution >= 0.6 is 11.8 Å². The van der Waals surface area contributed by atoms with E-state index in [4.69, 9.17) is 0 Å². The van der Waals surface area contributed by atoms with Gasteiger partial charge < -0.3 is 5.32 Å². The van der Waals surface area contributed by atoms with Crippen LogP contribution in [-0.4, -0.2) is 23.7 Å². The maximum Gasteiger partial charge on any atom is 0.321 e. The highest BCUT2D eigenvalue weighted by molar-refractivity contribution is 8.00. The molecule has 3 amide bonds. The van der Waals surface area contributed by atoms with Crippen molar-refractivity contribution in [2.24, 2.45) is 0 Å². The van der Waals surface area contributed by atoms with Gasteiger partial charge in [-0.2, -0.15) is 0 Å². The van der Waals surface area contributed by atoms with Gasteiger partial charge in [-0.05, 0) is 37.1 Å². The second-order valence-corrected chi connectivity index (χ2v) is 6.41. The van der Waals surface area contributed by atoms with Gasteiger partial charge in [-0.25, -0.2) is 4.79 Å². The van der Waals surface area contributed by atoms with Gasteiger partial charge in [0, 0.05) is 11.4 Å². The van der Waals surface area contributed by atoms with E-state index in [9.17, 15) is 9.59 Å². The summed E-state index contributed by atoms with van der Waals surface area (Å²) in [5.41, 5.74) is 2.29. The lowest BCUT2D eigenvalue weighted by atomic mass is 10.1. The smallest absolute Gasteiger partial charge is 0.321 e. The third-order valence-corrected chi connectivity index (χ3v) is 4.33. The Bertz CT molecular complexity index is 656. The lowest BCUT2D eigenvalue weighted by Gasteiger charge is -2.12. The summed E-state index contributed by atoms with van der Waals surface area (Å²) in [5, 5.41) is 4.52. The van der Waals surface area contributed by atoms with E-state index in [2.05, 4.69) is 22.8 Å². The summed E-state index contributed by atoms with van der Waals surface area (Å²) in [7, 11) is 0. The van der Waals surface area contributed by atoms with Crippen molar-refractivity contribution in [1.29, 1.82) is 0 Å². The van der Waals surface area contributed by atoms with Crippen molar-refractivity contribution in [3.8, 4) is 11.1 Å². The number of amides is 3.